The number of fused-ring (bicyclic) bond motifs is 1. The molecule has 0 aliphatic carbocycles. The Bertz CT molecular complexity index is 401. The number of morpholine rings is 1. The second-order valence-electron chi connectivity index (χ2n) is 5.36. The average molecular weight is 246 g/mol. The van der Waals surface area contributed by atoms with Crippen molar-refractivity contribution in [3.63, 3.8) is 0 Å². The quantitative estimate of drug-likeness (QED) is 0.880. The number of rotatable bonds is 3. The van der Waals surface area contributed by atoms with E-state index in [1.807, 2.05) is 0 Å². The number of benzene rings is 1. The number of nitrogens with zero attached hydrogens (tertiary/aromatic N) is 1. The molecule has 1 aromatic rings. The maximum absolute atomic E-state index is 5.77. The Morgan fingerprint density at radius 2 is 2.28 bits per heavy atom. The van der Waals surface area contributed by atoms with Gasteiger partial charge in [-0.15, -0.1) is 0 Å². The van der Waals surface area contributed by atoms with Gasteiger partial charge in [-0.2, -0.15) is 0 Å². The monoisotopic (exact) mass is 246 g/mol. The molecule has 0 radical (unpaired) electrons. The summed E-state index contributed by atoms with van der Waals surface area (Å²) in [6.45, 7) is 6.28. The van der Waals surface area contributed by atoms with Gasteiger partial charge in [-0.05, 0) is 31.4 Å². The van der Waals surface area contributed by atoms with Crippen LogP contribution in [0.2, 0.25) is 0 Å². The van der Waals surface area contributed by atoms with Crippen molar-refractivity contribution < 1.29 is 4.74 Å². The molecule has 2 aliphatic heterocycles. The lowest BCUT2D eigenvalue weighted by Gasteiger charge is -2.29. The first-order valence-electron chi connectivity index (χ1n) is 7.01. The van der Waals surface area contributed by atoms with E-state index in [0.717, 1.165) is 32.7 Å². The molecule has 98 valence electrons. The smallest absolute Gasteiger partial charge is 0.0716 e. The van der Waals surface area contributed by atoms with Gasteiger partial charge < -0.3 is 15.0 Å². The van der Waals surface area contributed by atoms with Crippen LogP contribution < -0.4 is 10.2 Å². The Hall–Kier alpha value is -1.06. The van der Waals surface area contributed by atoms with Crippen molar-refractivity contribution in [1.82, 2.24) is 5.32 Å². The first-order chi connectivity index (χ1) is 8.84. The molecule has 2 aliphatic rings. The van der Waals surface area contributed by atoms with Gasteiger partial charge in [0.1, 0.15) is 0 Å². The van der Waals surface area contributed by atoms with E-state index in [2.05, 4.69) is 41.4 Å². The Kier molecular flexibility index (Phi) is 3.52. The van der Waals surface area contributed by atoms with Gasteiger partial charge in [0.15, 0.2) is 0 Å². The molecular formula is C15H22N2O. The molecule has 0 aromatic heterocycles. The third kappa shape index (κ3) is 2.38. The van der Waals surface area contributed by atoms with Crippen molar-refractivity contribution in [2.45, 2.75) is 31.9 Å². The average Bonchev–Trinajstić information content (AvgIpc) is 2.73. The van der Waals surface area contributed by atoms with Crippen LogP contribution in [-0.2, 0) is 11.2 Å². The predicted octanol–water partition coefficient (Wildman–Crippen LogP) is 1.82. The third-order valence-electron chi connectivity index (χ3n) is 4.04. The molecule has 3 nitrogen and oxygen atoms in total. The number of hydrogen-bond donors (Lipinski definition) is 1. The maximum Gasteiger partial charge on any atom is 0.0716 e. The first-order valence-corrected chi connectivity index (χ1v) is 7.01. The zero-order chi connectivity index (χ0) is 12.4. The first kappa shape index (κ1) is 12.0. The molecule has 1 saturated heterocycles. The van der Waals surface area contributed by atoms with Gasteiger partial charge in [-0.25, -0.2) is 0 Å². The molecule has 0 spiro atoms. The van der Waals surface area contributed by atoms with Crippen LogP contribution in [0.25, 0.3) is 0 Å². The van der Waals surface area contributed by atoms with Crippen molar-refractivity contribution >= 4 is 5.69 Å². The Morgan fingerprint density at radius 3 is 3.11 bits per heavy atom. The molecule has 18 heavy (non-hydrogen) atoms. The van der Waals surface area contributed by atoms with Crippen molar-refractivity contribution in [1.29, 1.82) is 0 Å². The Morgan fingerprint density at radius 1 is 1.39 bits per heavy atom. The summed E-state index contributed by atoms with van der Waals surface area (Å²) < 4.78 is 5.77. The molecule has 3 heteroatoms. The van der Waals surface area contributed by atoms with E-state index in [4.69, 9.17) is 4.74 Å². The number of anilines is 1. The molecule has 2 atom stereocenters. The second kappa shape index (κ2) is 5.29. The number of nitrogens with one attached hydrogen (secondary N) is 1. The third-order valence-corrected chi connectivity index (χ3v) is 4.04. The summed E-state index contributed by atoms with van der Waals surface area (Å²) >= 11 is 0. The zero-order valence-corrected chi connectivity index (χ0v) is 11.1. The van der Waals surface area contributed by atoms with E-state index in [-0.39, 0.29) is 0 Å². The van der Waals surface area contributed by atoms with Crippen molar-refractivity contribution in [2.75, 3.05) is 31.1 Å². The lowest BCUT2D eigenvalue weighted by Crippen LogP contribution is -2.41. The van der Waals surface area contributed by atoms with Crippen molar-refractivity contribution in [3.8, 4) is 0 Å². The van der Waals surface area contributed by atoms with Crippen LogP contribution in [-0.4, -0.2) is 38.4 Å². The normalized spacial score (nSPS) is 27.3. The molecule has 1 aromatic carbocycles. The van der Waals surface area contributed by atoms with Crippen LogP contribution in [0.5, 0.6) is 0 Å². The molecule has 1 N–H and O–H groups in total. The molecule has 3 rings (SSSR count). The van der Waals surface area contributed by atoms with Gasteiger partial charge in [-0.3, -0.25) is 0 Å². The minimum Gasteiger partial charge on any atom is -0.376 e. The minimum absolute atomic E-state index is 0.388. The highest BCUT2D eigenvalue weighted by molar-refractivity contribution is 5.59. The number of hydrogen-bond acceptors (Lipinski definition) is 3. The van der Waals surface area contributed by atoms with Gasteiger partial charge in [0, 0.05) is 31.4 Å². The molecular weight excluding hydrogens is 224 g/mol. The van der Waals surface area contributed by atoms with E-state index in [1.54, 1.807) is 0 Å². The highest BCUT2D eigenvalue weighted by Crippen LogP contribution is 2.31. The number of para-hydroxylation sites is 1. The van der Waals surface area contributed by atoms with Gasteiger partial charge in [0.25, 0.3) is 0 Å². The van der Waals surface area contributed by atoms with Crippen LogP contribution in [0.1, 0.15) is 18.9 Å². The van der Waals surface area contributed by atoms with Crippen molar-refractivity contribution in [3.05, 3.63) is 29.8 Å². The molecule has 0 amide bonds. The summed E-state index contributed by atoms with van der Waals surface area (Å²) in [7, 11) is 0. The summed E-state index contributed by atoms with van der Waals surface area (Å²) in [4.78, 5) is 2.54. The van der Waals surface area contributed by atoms with Gasteiger partial charge in [0.05, 0.1) is 12.7 Å². The lowest BCUT2D eigenvalue weighted by molar-refractivity contribution is 0.0247. The summed E-state index contributed by atoms with van der Waals surface area (Å²) in [5, 5.41) is 3.40. The summed E-state index contributed by atoms with van der Waals surface area (Å²) in [5.41, 5.74) is 2.92. The fraction of sp³-hybridized carbons (Fsp3) is 0.600. The fourth-order valence-corrected chi connectivity index (χ4v) is 3.06. The molecule has 0 bridgehead atoms. The highest BCUT2D eigenvalue weighted by atomic mass is 16.5. The van der Waals surface area contributed by atoms with Crippen LogP contribution in [0, 0.1) is 0 Å². The molecule has 0 saturated carbocycles. The van der Waals surface area contributed by atoms with Crippen LogP contribution in [0.4, 0.5) is 5.69 Å². The summed E-state index contributed by atoms with van der Waals surface area (Å²) in [6, 6.07) is 9.41. The van der Waals surface area contributed by atoms with Gasteiger partial charge >= 0.3 is 0 Å². The maximum atomic E-state index is 5.77. The van der Waals surface area contributed by atoms with Crippen LogP contribution in [0.3, 0.4) is 0 Å². The number of ether oxygens (including phenoxy) is 1. The zero-order valence-electron chi connectivity index (χ0n) is 11.1. The van der Waals surface area contributed by atoms with Crippen molar-refractivity contribution in [2.24, 2.45) is 0 Å². The summed E-state index contributed by atoms with van der Waals surface area (Å²) in [6.07, 6.45) is 2.68. The Labute approximate surface area is 109 Å². The molecule has 1 fully saturated rings. The second-order valence-corrected chi connectivity index (χ2v) is 5.36. The van der Waals surface area contributed by atoms with E-state index < -0.39 is 0 Å². The largest absolute Gasteiger partial charge is 0.376 e. The highest BCUT2D eigenvalue weighted by Gasteiger charge is 2.26. The van der Waals surface area contributed by atoms with Crippen LogP contribution in [0.15, 0.2) is 24.3 Å². The molecule has 2 unspecified atom stereocenters. The van der Waals surface area contributed by atoms with Crippen LogP contribution >= 0.6 is 0 Å². The van der Waals surface area contributed by atoms with E-state index in [0.29, 0.717) is 12.1 Å². The molecule has 2 heterocycles. The topological polar surface area (TPSA) is 24.5 Å². The SMILES string of the molecule is CC1Cc2ccccc2N1CCC1CNCCO1. The van der Waals surface area contributed by atoms with Gasteiger partial charge in [0.2, 0.25) is 0 Å². The summed E-state index contributed by atoms with van der Waals surface area (Å²) in [5.74, 6) is 0. The van der Waals surface area contributed by atoms with E-state index in [9.17, 15) is 0 Å². The predicted molar refractivity (Wildman–Crippen MR) is 74.2 cm³/mol. The minimum atomic E-state index is 0.388. The van der Waals surface area contributed by atoms with E-state index in [1.165, 1.54) is 17.7 Å². The van der Waals surface area contributed by atoms with Gasteiger partial charge in [-0.1, -0.05) is 18.2 Å². The Balaban J connectivity index is 1.62. The fourth-order valence-electron chi connectivity index (χ4n) is 3.06. The lowest BCUT2D eigenvalue weighted by atomic mass is 10.1. The van der Waals surface area contributed by atoms with E-state index >= 15 is 0 Å². The standard InChI is InChI=1S/C15H22N2O/c1-12-10-13-4-2-3-5-15(13)17(12)8-6-14-11-16-7-9-18-14/h2-5,12,14,16H,6-11H2,1H3.